The van der Waals surface area contributed by atoms with Crippen LogP contribution in [0.3, 0.4) is 0 Å². The van der Waals surface area contributed by atoms with Crippen molar-refractivity contribution < 1.29 is 8.42 Å². The van der Waals surface area contributed by atoms with E-state index in [4.69, 9.17) is 0 Å². The SMILES string of the molecule is NS(=O)(=O)CCCS. The van der Waals surface area contributed by atoms with Gasteiger partial charge in [-0.1, -0.05) is 0 Å². The van der Waals surface area contributed by atoms with Crippen molar-refractivity contribution in [2.45, 2.75) is 6.42 Å². The third kappa shape index (κ3) is 6.26. The number of hydrogen-bond acceptors (Lipinski definition) is 3. The molecule has 0 aromatic heterocycles. The average molecular weight is 155 g/mol. The smallest absolute Gasteiger partial charge is 0.209 e. The van der Waals surface area contributed by atoms with Crippen LogP contribution in [0.1, 0.15) is 6.42 Å². The highest BCUT2D eigenvalue weighted by molar-refractivity contribution is 7.89. The lowest BCUT2D eigenvalue weighted by molar-refractivity contribution is 0.596. The number of nitrogens with two attached hydrogens (primary N) is 1. The van der Waals surface area contributed by atoms with Crippen molar-refractivity contribution in [3.05, 3.63) is 0 Å². The van der Waals surface area contributed by atoms with Gasteiger partial charge in [0.2, 0.25) is 10.0 Å². The van der Waals surface area contributed by atoms with Crippen molar-refractivity contribution in [3.8, 4) is 0 Å². The van der Waals surface area contributed by atoms with Crippen molar-refractivity contribution in [3.63, 3.8) is 0 Å². The predicted octanol–water partition coefficient (Wildman–Crippen LogP) is -0.405. The number of primary sulfonamides is 1. The normalized spacial score (nSPS) is 11.8. The monoisotopic (exact) mass is 155 g/mol. The molecule has 8 heavy (non-hydrogen) atoms. The summed E-state index contributed by atoms with van der Waals surface area (Å²) in [7, 11) is -3.24. The Kier molecular flexibility index (Phi) is 3.43. The van der Waals surface area contributed by atoms with E-state index in [9.17, 15) is 8.42 Å². The van der Waals surface area contributed by atoms with Crippen LogP contribution in [0.15, 0.2) is 0 Å². The molecule has 0 aliphatic heterocycles. The van der Waals surface area contributed by atoms with Crippen molar-refractivity contribution >= 4 is 22.7 Å². The average Bonchev–Trinajstić information content (AvgIpc) is 1.59. The minimum atomic E-state index is -3.24. The number of hydrogen-bond donors (Lipinski definition) is 2. The summed E-state index contributed by atoms with van der Waals surface area (Å²) in [5.74, 6) is 0.604. The molecular weight excluding hydrogens is 146 g/mol. The molecule has 0 amide bonds. The topological polar surface area (TPSA) is 60.2 Å². The highest BCUT2D eigenvalue weighted by Gasteiger charge is 1.98. The Balaban J connectivity index is 3.42. The summed E-state index contributed by atoms with van der Waals surface area (Å²) in [5.41, 5.74) is 0. The standard InChI is InChI=1S/C3H9NO2S2/c4-8(5,6)3-1-2-7/h7H,1-3H2,(H2,4,5,6). The predicted molar refractivity (Wildman–Crippen MR) is 36.4 cm³/mol. The fraction of sp³-hybridized carbons (Fsp3) is 1.00. The summed E-state index contributed by atoms with van der Waals surface area (Å²) in [6.07, 6.45) is 0.530. The lowest BCUT2D eigenvalue weighted by Crippen LogP contribution is -2.16. The molecule has 0 fully saturated rings. The molecule has 0 unspecified atom stereocenters. The van der Waals surface area contributed by atoms with Gasteiger partial charge in [-0.25, -0.2) is 13.6 Å². The van der Waals surface area contributed by atoms with Gasteiger partial charge in [0.05, 0.1) is 5.75 Å². The van der Waals surface area contributed by atoms with E-state index < -0.39 is 10.0 Å². The molecule has 0 atom stereocenters. The second kappa shape index (κ2) is 3.32. The van der Waals surface area contributed by atoms with Crippen LogP contribution in [0.5, 0.6) is 0 Å². The molecule has 0 spiro atoms. The molecule has 3 nitrogen and oxygen atoms in total. The molecule has 0 aliphatic carbocycles. The zero-order valence-electron chi connectivity index (χ0n) is 4.37. The molecule has 50 valence electrons. The summed E-state index contributed by atoms with van der Waals surface area (Å²) in [6.45, 7) is 0. The van der Waals surface area contributed by atoms with E-state index in [2.05, 4.69) is 17.8 Å². The highest BCUT2D eigenvalue weighted by atomic mass is 32.2. The Morgan fingerprint density at radius 3 is 2.12 bits per heavy atom. The zero-order chi connectivity index (χ0) is 6.62. The Bertz CT molecular complexity index is 139. The summed E-state index contributed by atoms with van der Waals surface area (Å²) in [4.78, 5) is 0. The van der Waals surface area contributed by atoms with Crippen LogP contribution in [0.4, 0.5) is 0 Å². The Labute approximate surface area is 54.7 Å². The van der Waals surface area contributed by atoms with Crippen LogP contribution in [0.2, 0.25) is 0 Å². The molecular formula is C3H9NO2S2. The maximum Gasteiger partial charge on any atom is 0.209 e. The Hall–Kier alpha value is 0.260. The minimum absolute atomic E-state index is 0.0382. The van der Waals surface area contributed by atoms with Gasteiger partial charge in [0.15, 0.2) is 0 Å². The third-order valence-electron chi connectivity index (χ3n) is 0.587. The third-order valence-corrected chi connectivity index (χ3v) is 1.76. The molecule has 2 N–H and O–H groups in total. The van der Waals surface area contributed by atoms with Crippen LogP contribution in [0, 0.1) is 0 Å². The van der Waals surface area contributed by atoms with E-state index in [1.54, 1.807) is 0 Å². The van der Waals surface area contributed by atoms with Crippen LogP contribution in [-0.2, 0) is 10.0 Å². The highest BCUT2D eigenvalue weighted by Crippen LogP contribution is 1.86. The van der Waals surface area contributed by atoms with Crippen LogP contribution >= 0.6 is 12.6 Å². The summed E-state index contributed by atoms with van der Waals surface area (Å²) in [6, 6.07) is 0. The van der Waals surface area contributed by atoms with Gasteiger partial charge in [0.1, 0.15) is 0 Å². The number of sulfonamides is 1. The first-order valence-electron chi connectivity index (χ1n) is 2.17. The lowest BCUT2D eigenvalue weighted by Gasteiger charge is -1.91. The van der Waals surface area contributed by atoms with E-state index in [-0.39, 0.29) is 5.75 Å². The maximum atomic E-state index is 10.1. The van der Waals surface area contributed by atoms with Crippen LogP contribution in [-0.4, -0.2) is 19.9 Å². The quantitative estimate of drug-likeness (QED) is 0.544. The fourth-order valence-corrected chi connectivity index (χ4v) is 1.18. The van der Waals surface area contributed by atoms with Gasteiger partial charge in [0.25, 0.3) is 0 Å². The molecule has 0 rings (SSSR count). The van der Waals surface area contributed by atoms with Gasteiger partial charge in [-0.05, 0) is 12.2 Å². The number of rotatable bonds is 3. The Morgan fingerprint density at radius 2 is 2.00 bits per heavy atom. The zero-order valence-corrected chi connectivity index (χ0v) is 6.08. The van der Waals surface area contributed by atoms with Gasteiger partial charge in [-0.2, -0.15) is 12.6 Å². The van der Waals surface area contributed by atoms with E-state index >= 15 is 0 Å². The van der Waals surface area contributed by atoms with Gasteiger partial charge < -0.3 is 0 Å². The fourth-order valence-electron chi connectivity index (χ4n) is 0.266. The van der Waals surface area contributed by atoms with Crippen molar-refractivity contribution in [2.75, 3.05) is 11.5 Å². The molecule has 0 aliphatic rings. The molecule has 0 heterocycles. The Morgan fingerprint density at radius 1 is 1.50 bits per heavy atom. The molecule has 0 saturated heterocycles. The van der Waals surface area contributed by atoms with Gasteiger partial charge in [-0.15, -0.1) is 0 Å². The molecule has 5 heteroatoms. The van der Waals surface area contributed by atoms with E-state index in [0.29, 0.717) is 12.2 Å². The van der Waals surface area contributed by atoms with Crippen molar-refractivity contribution in [2.24, 2.45) is 5.14 Å². The molecule has 0 bridgehead atoms. The summed E-state index contributed by atoms with van der Waals surface area (Å²) >= 11 is 3.81. The van der Waals surface area contributed by atoms with E-state index in [0.717, 1.165) is 0 Å². The van der Waals surface area contributed by atoms with Crippen LogP contribution < -0.4 is 5.14 Å². The molecule has 0 radical (unpaired) electrons. The minimum Gasteiger partial charge on any atom is -0.229 e. The van der Waals surface area contributed by atoms with Gasteiger partial charge in [0, 0.05) is 0 Å². The maximum absolute atomic E-state index is 10.1. The summed E-state index contributed by atoms with van der Waals surface area (Å²) in [5, 5.41) is 4.66. The van der Waals surface area contributed by atoms with Crippen LogP contribution in [0.25, 0.3) is 0 Å². The number of thiol groups is 1. The van der Waals surface area contributed by atoms with Crippen molar-refractivity contribution in [1.29, 1.82) is 0 Å². The van der Waals surface area contributed by atoms with E-state index in [1.807, 2.05) is 0 Å². The second-order valence-electron chi connectivity index (χ2n) is 1.44. The first kappa shape index (κ1) is 8.26. The van der Waals surface area contributed by atoms with Crippen molar-refractivity contribution in [1.82, 2.24) is 0 Å². The van der Waals surface area contributed by atoms with E-state index in [1.165, 1.54) is 0 Å². The lowest BCUT2D eigenvalue weighted by atomic mass is 10.6. The first-order valence-corrected chi connectivity index (χ1v) is 4.52. The second-order valence-corrected chi connectivity index (χ2v) is 3.63. The first-order chi connectivity index (χ1) is 3.56. The summed E-state index contributed by atoms with van der Waals surface area (Å²) < 4.78 is 20.3. The van der Waals surface area contributed by atoms with Gasteiger partial charge in [-0.3, -0.25) is 0 Å². The molecule has 0 saturated carbocycles. The van der Waals surface area contributed by atoms with Gasteiger partial charge >= 0.3 is 0 Å². The largest absolute Gasteiger partial charge is 0.229 e. The molecule has 0 aromatic rings. The molecule has 0 aromatic carbocycles.